The van der Waals surface area contributed by atoms with E-state index in [1.54, 1.807) is 42.9 Å². The highest BCUT2D eigenvalue weighted by atomic mass is 32.1. The van der Waals surface area contributed by atoms with Crippen LogP contribution in [0.15, 0.2) is 55.0 Å². The highest BCUT2D eigenvalue weighted by molar-refractivity contribution is 7.14. The number of halogens is 2. The molecule has 1 aromatic carbocycles. The van der Waals surface area contributed by atoms with Crippen molar-refractivity contribution in [2.75, 3.05) is 14.1 Å². The van der Waals surface area contributed by atoms with Gasteiger partial charge in [0.15, 0.2) is 16.6 Å². The van der Waals surface area contributed by atoms with Crippen molar-refractivity contribution in [3.05, 3.63) is 71.5 Å². The summed E-state index contributed by atoms with van der Waals surface area (Å²) in [6, 6.07) is 10.4. The van der Waals surface area contributed by atoms with Crippen LogP contribution in [0, 0.1) is 10.9 Å². The van der Waals surface area contributed by atoms with Crippen molar-refractivity contribution >= 4 is 33.4 Å². The van der Waals surface area contributed by atoms with E-state index in [1.165, 1.54) is 6.07 Å². The van der Waals surface area contributed by atoms with E-state index >= 15 is 4.39 Å². The Kier molecular flexibility index (Phi) is 5.12. The summed E-state index contributed by atoms with van der Waals surface area (Å²) in [5, 5.41) is 7.30. The van der Waals surface area contributed by atoms with Crippen LogP contribution in [-0.4, -0.2) is 49.1 Å². The second kappa shape index (κ2) is 8.33. The number of imidazole rings is 1. The van der Waals surface area contributed by atoms with Gasteiger partial charge in [0.1, 0.15) is 11.5 Å². The van der Waals surface area contributed by atoms with E-state index in [0.29, 0.717) is 51.3 Å². The number of fused-ring (bicyclic) bond motifs is 2. The Morgan fingerprint density at radius 2 is 1.91 bits per heavy atom. The molecular formula is C25H19F2N7S. The highest BCUT2D eigenvalue weighted by Gasteiger charge is 2.21. The molecule has 0 radical (unpaired) electrons. The second-order valence-corrected chi connectivity index (χ2v) is 9.52. The number of rotatable bonds is 5. The number of aromatic nitrogens is 6. The molecule has 0 saturated heterocycles. The molecule has 0 saturated carbocycles. The zero-order valence-corrected chi connectivity index (χ0v) is 19.6. The van der Waals surface area contributed by atoms with Crippen molar-refractivity contribution in [1.29, 1.82) is 0 Å². The van der Waals surface area contributed by atoms with Crippen molar-refractivity contribution in [2.45, 2.75) is 6.54 Å². The van der Waals surface area contributed by atoms with E-state index < -0.39 is 5.82 Å². The number of aromatic amines is 2. The van der Waals surface area contributed by atoms with Gasteiger partial charge in [0.25, 0.3) is 0 Å². The lowest BCUT2D eigenvalue weighted by Gasteiger charge is -2.11. The van der Waals surface area contributed by atoms with Crippen LogP contribution in [-0.2, 0) is 6.54 Å². The van der Waals surface area contributed by atoms with Crippen LogP contribution in [0.3, 0.4) is 0 Å². The molecule has 0 aliphatic rings. The van der Waals surface area contributed by atoms with Gasteiger partial charge < -0.3 is 9.88 Å². The summed E-state index contributed by atoms with van der Waals surface area (Å²) >= 11 is 1.04. The minimum Gasteiger partial charge on any atom is -0.335 e. The Hall–Kier alpha value is -4.02. The van der Waals surface area contributed by atoms with Crippen molar-refractivity contribution in [2.24, 2.45) is 0 Å². The van der Waals surface area contributed by atoms with Gasteiger partial charge in [-0.15, -0.1) is 11.3 Å². The SMILES string of the molecule is CN(C)Cc1cncc(-c2ccc3[nH]nc(-c4nc5nccc(-c6ccc(F)s6)c5[nH]4)c3c2F)c1. The maximum atomic E-state index is 15.9. The zero-order chi connectivity index (χ0) is 24.1. The van der Waals surface area contributed by atoms with E-state index in [2.05, 4.69) is 30.1 Å². The lowest BCUT2D eigenvalue weighted by molar-refractivity contribution is 0.402. The molecule has 6 aromatic rings. The van der Waals surface area contributed by atoms with Gasteiger partial charge in [0.05, 0.1) is 16.4 Å². The molecule has 0 spiro atoms. The lowest BCUT2D eigenvalue weighted by atomic mass is 10.0. The maximum Gasteiger partial charge on any atom is 0.178 e. The zero-order valence-electron chi connectivity index (χ0n) is 18.8. The lowest BCUT2D eigenvalue weighted by Crippen LogP contribution is -2.10. The fourth-order valence-electron chi connectivity index (χ4n) is 4.24. The number of hydrogen-bond donors (Lipinski definition) is 2. The number of thiophene rings is 1. The standard InChI is InChI=1S/C25H19F2N7S/c1-34(2)12-13-9-14(11-28-10-13)15-3-4-17-20(21(15)27)23(33-32-17)25-30-22-16(7-8-29-24(22)31-25)18-5-6-19(26)35-18/h3-11H,12H2,1-2H3,(H,32,33)(H,29,30,31). The molecule has 2 N–H and O–H groups in total. The van der Waals surface area contributed by atoms with Crippen molar-refractivity contribution in [3.63, 3.8) is 0 Å². The Morgan fingerprint density at radius 1 is 1.03 bits per heavy atom. The maximum absolute atomic E-state index is 15.9. The largest absolute Gasteiger partial charge is 0.335 e. The summed E-state index contributed by atoms with van der Waals surface area (Å²) in [6.07, 6.45) is 5.05. The van der Waals surface area contributed by atoms with Crippen LogP contribution in [0.2, 0.25) is 0 Å². The van der Waals surface area contributed by atoms with Gasteiger partial charge >= 0.3 is 0 Å². The number of nitrogens with one attached hydrogen (secondary N) is 2. The molecule has 0 bridgehead atoms. The molecule has 10 heteroatoms. The minimum atomic E-state index is -0.413. The van der Waals surface area contributed by atoms with Gasteiger partial charge in [0, 0.05) is 46.7 Å². The normalized spacial score (nSPS) is 11.8. The molecule has 6 rings (SSSR count). The van der Waals surface area contributed by atoms with Gasteiger partial charge in [-0.25, -0.2) is 14.4 Å². The number of hydrogen-bond acceptors (Lipinski definition) is 6. The molecule has 0 atom stereocenters. The van der Waals surface area contributed by atoms with Gasteiger partial charge in [-0.1, -0.05) is 0 Å². The Balaban J connectivity index is 1.49. The fourth-order valence-corrected chi connectivity index (χ4v) is 5.00. The predicted molar refractivity (Wildman–Crippen MR) is 133 cm³/mol. The quantitative estimate of drug-likeness (QED) is 0.329. The van der Waals surface area contributed by atoms with E-state index in [0.717, 1.165) is 27.3 Å². The third kappa shape index (κ3) is 3.76. The summed E-state index contributed by atoms with van der Waals surface area (Å²) < 4.78 is 29.6. The molecule has 7 nitrogen and oxygen atoms in total. The molecule has 5 heterocycles. The Morgan fingerprint density at radius 3 is 2.71 bits per heavy atom. The molecule has 0 aliphatic carbocycles. The first-order valence-electron chi connectivity index (χ1n) is 10.8. The first-order chi connectivity index (χ1) is 17.0. The molecule has 5 aromatic heterocycles. The highest BCUT2D eigenvalue weighted by Crippen LogP contribution is 2.36. The number of nitrogens with zero attached hydrogens (tertiary/aromatic N) is 5. The summed E-state index contributed by atoms with van der Waals surface area (Å²) in [5.41, 5.74) is 4.84. The van der Waals surface area contributed by atoms with Crippen molar-refractivity contribution in [1.82, 2.24) is 35.0 Å². The van der Waals surface area contributed by atoms with Crippen LogP contribution in [0.5, 0.6) is 0 Å². The van der Waals surface area contributed by atoms with Gasteiger partial charge in [-0.3, -0.25) is 10.1 Å². The number of H-pyrrole nitrogens is 2. The Labute approximate surface area is 202 Å². The summed E-state index contributed by atoms with van der Waals surface area (Å²) in [6.45, 7) is 0.699. The Bertz CT molecular complexity index is 1700. The third-order valence-electron chi connectivity index (χ3n) is 5.73. The van der Waals surface area contributed by atoms with E-state index in [4.69, 9.17) is 0 Å². The molecule has 0 fully saturated rings. The van der Waals surface area contributed by atoms with Crippen LogP contribution < -0.4 is 0 Å². The molecule has 35 heavy (non-hydrogen) atoms. The average Bonchev–Trinajstić information content (AvgIpc) is 3.56. The first-order valence-corrected chi connectivity index (χ1v) is 11.7. The van der Waals surface area contributed by atoms with Crippen LogP contribution in [0.4, 0.5) is 8.78 Å². The molecule has 174 valence electrons. The summed E-state index contributed by atoms with van der Waals surface area (Å²) in [7, 11) is 3.94. The molecule has 0 amide bonds. The summed E-state index contributed by atoms with van der Waals surface area (Å²) in [5.74, 6) is -0.0391. The van der Waals surface area contributed by atoms with Crippen molar-refractivity contribution in [3.8, 4) is 33.1 Å². The summed E-state index contributed by atoms with van der Waals surface area (Å²) in [4.78, 5) is 19.2. The second-order valence-electron chi connectivity index (χ2n) is 8.49. The predicted octanol–water partition coefficient (Wildman–Crippen LogP) is 5.63. The third-order valence-corrected chi connectivity index (χ3v) is 6.63. The van der Waals surface area contributed by atoms with E-state index in [-0.39, 0.29) is 5.13 Å². The molecule has 0 unspecified atom stereocenters. The smallest absolute Gasteiger partial charge is 0.178 e. The number of pyridine rings is 2. The van der Waals surface area contributed by atoms with Crippen LogP contribution >= 0.6 is 11.3 Å². The number of benzene rings is 1. The van der Waals surface area contributed by atoms with Gasteiger partial charge in [0.2, 0.25) is 0 Å². The van der Waals surface area contributed by atoms with Crippen LogP contribution in [0.25, 0.3) is 55.2 Å². The molecule has 0 aliphatic heterocycles. The molecular weight excluding hydrogens is 468 g/mol. The average molecular weight is 488 g/mol. The van der Waals surface area contributed by atoms with Crippen LogP contribution in [0.1, 0.15) is 5.56 Å². The fraction of sp³-hybridized carbons (Fsp3) is 0.120. The van der Waals surface area contributed by atoms with Gasteiger partial charge in [-0.05, 0) is 56.1 Å². The first kappa shape index (κ1) is 21.5. The van der Waals surface area contributed by atoms with E-state index in [9.17, 15) is 4.39 Å². The topological polar surface area (TPSA) is 86.4 Å². The monoisotopic (exact) mass is 487 g/mol. The van der Waals surface area contributed by atoms with Crippen molar-refractivity contribution < 1.29 is 8.78 Å². The minimum absolute atomic E-state index is 0.276. The van der Waals surface area contributed by atoms with Gasteiger partial charge in [-0.2, -0.15) is 9.49 Å². The van der Waals surface area contributed by atoms with E-state index in [1.807, 2.05) is 25.1 Å².